The van der Waals surface area contributed by atoms with Crippen LogP contribution in [0.25, 0.3) is 0 Å². The van der Waals surface area contributed by atoms with Crippen molar-refractivity contribution in [2.45, 2.75) is 0 Å². The number of amides is 1. The lowest BCUT2D eigenvalue weighted by atomic mass is 10.2. The third-order valence-electron chi connectivity index (χ3n) is 2.79. The number of hydrogen-bond donors (Lipinski definition) is 3. The first-order valence-electron chi connectivity index (χ1n) is 6.27. The number of hydrogen-bond acceptors (Lipinski definition) is 3. The number of carboxylic acid groups (broad SMARTS) is 1. The summed E-state index contributed by atoms with van der Waals surface area (Å²) in [5.41, 5.74) is 0.709. The Bertz CT molecular complexity index is 779. The lowest BCUT2D eigenvalue weighted by Crippen LogP contribution is -2.34. The maximum atomic E-state index is 12.0. The summed E-state index contributed by atoms with van der Waals surface area (Å²) in [4.78, 5) is 23.0. The molecule has 2 rings (SSSR count). The molecule has 0 saturated heterocycles. The Morgan fingerprint density at radius 2 is 1.61 bits per heavy atom. The molecule has 23 heavy (non-hydrogen) atoms. The molecule has 0 heterocycles. The van der Waals surface area contributed by atoms with Gasteiger partial charge in [-0.05, 0) is 54.7 Å². The van der Waals surface area contributed by atoms with Crippen LogP contribution in [0.4, 0.5) is 5.69 Å². The lowest BCUT2D eigenvalue weighted by molar-refractivity contribution is 0.0696. The molecule has 0 aliphatic heterocycles. The fourth-order valence-corrected chi connectivity index (χ4v) is 2.18. The minimum absolute atomic E-state index is 0.00520. The highest BCUT2D eigenvalue weighted by molar-refractivity contribution is 7.80. The Hall–Kier alpha value is -2.15. The van der Waals surface area contributed by atoms with Crippen LogP contribution in [0.3, 0.4) is 0 Å². The molecule has 0 atom stereocenters. The van der Waals surface area contributed by atoms with Gasteiger partial charge < -0.3 is 10.4 Å². The summed E-state index contributed by atoms with van der Waals surface area (Å²) in [6, 6.07) is 10.4. The lowest BCUT2D eigenvalue weighted by Gasteiger charge is -2.11. The van der Waals surface area contributed by atoms with Gasteiger partial charge >= 0.3 is 5.97 Å². The predicted molar refractivity (Wildman–Crippen MR) is 93.6 cm³/mol. The number of rotatable bonds is 3. The molecule has 2 aromatic carbocycles. The standard InChI is InChI=1S/C15H10Cl2N2O3S/c16-10-4-1-8(2-5-10)13(20)19-15(23)18-12-7-9(14(21)22)3-6-11(12)17/h1-7H,(H,21,22)(H2,18,19,20,23). The minimum Gasteiger partial charge on any atom is -0.478 e. The first-order valence-corrected chi connectivity index (χ1v) is 7.44. The Kier molecular flexibility index (Phi) is 5.54. The zero-order valence-electron chi connectivity index (χ0n) is 11.5. The maximum Gasteiger partial charge on any atom is 0.335 e. The molecule has 0 bridgehead atoms. The Balaban J connectivity index is 2.07. The molecule has 0 aliphatic carbocycles. The molecule has 3 N–H and O–H groups in total. The molecule has 1 amide bonds. The third kappa shape index (κ3) is 4.66. The van der Waals surface area contributed by atoms with E-state index in [1.54, 1.807) is 24.3 Å². The summed E-state index contributed by atoms with van der Waals surface area (Å²) in [5.74, 6) is -1.52. The molecule has 0 aromatic heterocycles. The van der Waals surface area contributed by atoms with Crippen LogP contribution in [0.2, 0.25) is 10.0 Å². The molecule has 0 radical (unpaired) electrons. The van der Waals surface area contributed by atoms with E-state index >= 15 is 0 Å². The highest BCUT2D eigenvalue weighted by atomic mass is 35.5. The molecule has 0 fully saturated rings. The quantitative estimate of drug-likeness (QED) is 0.717. The van der Waals surface area contributed by atoms with Gasteiger partial charge in [0, 0.05) is 10.6 Å². The van der Waals surface area contributed by atoms with E-state index in [1.165, 1.54) is 18.2 Å². The smallest absolute Gasteiger partial charge is 0.335 e. The van der Waals surface area contributed by atoms with Crippen LogP contribution in [-0.4, -0.2) is 22.1 Å². The van der Waals surface area contributed by atoms with Gasteiger partial charge in [0.2, 0.25) is 0 Å². The van der Waals surface area contributed by atoms with Crippen LogP contribution in [0, 0.1) is 0 Å². The molecule has 118 valence electrons. The number of benzene rings is 2. The van der Waals surface area contributed by atoms with Crippen molar-refractivity contribution in [1.82, 2.24) is 5.32 Å². The number of carboxylic acids is 1. The molecule has 5 nitrogen and oxygen atoms in total. The zero-order valence-corrected chi connectivity index (χ0v) is 13.8. The summed E-state index contributed by atoms with van der Waals surface area (Å²) in [6.07, 6.45) is 0. The summed E-state index contributed by atoms with van der Waals surface area (Å²) in [5, 5.41) is 14.9. The van der Waals surface area contributed by atoms with Gasteiger partial charge in [0.25, 0.3) is 5.91 Å². The van der Waals surface area contributed by atoms with E-state index < -0.39 is 11.9 Å². The second-order valence-electron chi connectivity index (χ2n) is 4.41. The van der Waals surface area contributed by atoms with Gasteiger partial charge in [-0.2, -0.15) is 0 Å². The van der Waals surface area contributed by atoms with Crippen LogP contribution in [0.5, 0.6) is 0 Å². The minimum atomic E-state index is -1.10. The summed E-state index contributed by atoms with van der Waals surface area (Å²) in [6.45, 7) is 0. The van der Waals surface area contributed by atoms with Gasteiger partial charge in [-0.25, -0.2) is 4.79 Å². The molecular formula is C15H10Cl2N2O3S. The summed E-state index contributed by atoms with van der Waals surface area (Å²) >= 11 is 16.8. The molecule has 2 aromatic rings. The van der Waals surface area contributed by atoms with Crippen molar-refractivity contribution in [3.05, 3.63) is 63.6 Å². The van der Waals surface area contributed by atoms with Crippen LogP contribution < -0.4 is 10.6 Å². The summed E-state index contributed by atoms with van der Waals surface area (Å²) < 4.78 is 0. The maximum absolute atomic E-state index is 12.0. The number of halogens is 2. The fourth-order valence-electron chi connectivity index (χ4n) is 1.68. The van der Waals surface area contributed by atoms with Gasteiger partial charge in [-0.15, -0.1) is 0 Å². The molecule has 0 spiro atoms. The first kappa shape index (κ1) is 17.2. The third-order valence-corrected chi connectivity index (χ3v) is 3.58. The monoisotopic (exact) mass is 368 g/mol. The van der Waals surface area contributed by atoms with E-state index in [-0.39, 0.29) is 21.4 Å². The van der Waals surface area contributed by atoms with Crippen LogP contribution in [-0.2, 0) is 0 Å². The number of nitrogens with one attached hydrogen (secondary N) is 2. The zero-order chi connectivity index (χ0) is 17.0. The molecule has 0 unspecified atom stereocenters. The second-order valence-corrected chi connectivity index (χ2v) is 5.67. The fraction of sp³-hybridized carbons (Fsp3) is 0. The molecule has 0 saturated carbocycles. The van der Waals surface area contributed by atoms with Crippen molar-refractivity contribution < 1.29 is 14.7 Å². The molecule has 8 heteroatoms. The Labute approximate surface area is 147 Å². The van der Waals surface area contributed by atoms with Gasteiger partial charge in [0.1, 0.15) is 0 Å². The average molecular weight is 369 g/mol. The van der Waals surface area contributed by atoms with Crippen LogP contribution in [0.15, 0.2) is 42.5 Å². The topological polar surface area (TPSA) is 78.4 Å². The van der Waals surface area contributed by atoms with E-state index in [9.17, 15) is 9.59 Å². The van der Waals surface area contributed by atoms with Crippen molar-refractivity contribution in [2.75, 3.05) is 5.32 Å². The number of thiocarbonyl (C=S) groups is 1. The highest BCUT2D eigenvalue weighted by Crippen LogP contribution is 2.23. The van der Waals surface area contributed by atoms with Gasteiger partial charge in [-0.3, -0.25) is 10.1 Å². The second kappa shape index (κ2) is 7.41. The van der Waals surface area contributed by atoms with Gasteiger partial charge in [-0.1, -0.05) is 23.2 Å². The number of carbonyl (C=O) groups is 2. The number of anilines is 1. The number of carbonyl (C=O) groups excluding carboxylic acids is 1. The van der Waals surface area contributed by atoms with Gasteiger partial charge in [0.15, 0.2) is 5.11 Å². The van der Waals surface area contributed by atoms with E-state index in [0.29, 0.717) is 10.6 Å². The molecule has 0 aliphatic rings. The van der Waals surface area contributed by atoms with Crippen molar-refractivity contribution in [3.8, 4) is 0 Å². The van der Waals surface area contributed by atoms with Crippen molar-refractivity contribution in [3.63, 3.8) is 0 Å². The van der Waals surface area contributed by atoms with Crippen molar-refractivity contribution in [1.29, 1.82) is 0 Å². The largest absolute Gasteiger partial charge is 0.478 e. The van der Waals surface area contributed by atoms with E-state index in [2.05, 4.69) is 10.6 Å². The molecular weight excluding hydrogens is 359 g/mol. The summed E-state index contributed by atoms with van der Waals surface area (Å²) in [7, 11) is 0. The average Bonchev–Trinajstić information content (AvgIpc) is 2.49. The van der Waals surface area contributed by atoms with Crippen molar-refractivity contribution >= 4 is 58.1 Å². The van der Waals surface area contributed by atoms with E-state index in [4.69, 9.17) is 40.5 Å². The van der Waals surface area contributed by atoms with E-state index in [0.717, 1.165) is 0 Å². The predicted octanol–water partition coefficient (Wildman–Crippen LogP) is 3.82. The Morgan fingerprint density at radius 1 is 1.00 bits per heavy atom. The van der Waals surface area contributed by atoms with Gasteiger partial charge in [0.05, 0.1) is 16.3 Å². The number of aromatic carboxylic acids is 1. The van der Waals surface area contributed by atoms with Crippen LogP contribution >= 0.6 is 35.4 Å². The first-order chi connectivity index (χ1) is 10.9. The Morgan fingerprint density at radius 3 is 2.22 bits per heavy atom. The normalized spacial score (nSPS) is 10.0. The van der Waals surface area contributed by atoms with Crippen molar-refractivity contribution in [2.24, 2.45) is 0 Å². The SMILES string of the molecule is O=C(O)c1ccc(Cl)c(NC(=S)NC(=O)c2ccc(Cl)cc2)c1. The highest BCUT2D eigenvalue weighted by Gasteiger charge is 2.11. The van der Waals surface area contributed by atoms with Crippen LogP contribution in [0.1, 0.15) is 20.7 Å². The van der Waals surface area contributed by atoms with E-state index in [1.807, 2.05) is 0 Å².